The first-order valence-electron chi connectivity index (χ1n) is 11.9. The van der Waals surface area contributed by atoms with Crippen LogP contribution in [0, 0.1) is 5.41 Å². The van der Waals surface area contributed by atoms with Crippen molar-refractivity contribution in [3.8, 4) is 11.3 Å². The fourth-order valence-electron chi connectivity index (χ4n) is 3.76. The van der Waals surface area contributed by atoms with E-state index in [4.69, 9.17) is 11.6 Å². The van der Waals surface area contributed by atoms with Crippen molar-refractivity contribution in [1.82, 2.24) is 19.3 Å². The predicted molar refractivity (Wildman–Crippen MR) is 152 cm³/mol. The van der Waals surface area contributed by atoms with Gasteiger partial charge in [-0.2, -0.15) is 9.78 Å². The van der Waals surface area contributed by atoms with Crippen LogP contribution in [-0.4, -0.2) is 45.1 Å². The molecule has 0 saturated heterocycles. The number of carbonyl (C=O) groups excluding carboxylic acids is 2. The summed E-state index contributed by atoms with van der Waals surface area (Å²) in [7, 11) is 3.68. The summed E-state index contributed by atoms with van der Waals surface area (Å²) < 4.78 is 3.40. The number of aromatic nitrogens is 4. The van der Waals surface area contributed by atoms with E-state index in [9.17, 15) is 14.4 Å². The van der Waals surface area contributed by atoms with Crippen LogP contribution in [0.1, 0.15) is 40.8 Å². The van der Waals surface area contributed by atoms with Crippen molar-refractivity contribution in [2.24, 2.45) is 5.41 Å². The number of nitrogens with zero attached hydrogens (tertiary/aromatic N) is 5. The number of pyridine rings is 2. The van der Waals surface area contributed by atoms with Crippen LogP contribution in [0.4, 0.5) is 11.5 Å². The summed E-state index contributed by atoms with van der Waals surface area (Å²) in [6, 6.07) is 10.3. The summed E-state index contributed by atoms with van der Waals surface area (Å²) in [5.41, 5.74) is 1.06. The van der Waals surface area contributed by atoms with Gasteiger partial charge in [-0.25, -0.2) is 0 Å². The molecule has 0 aliphatic heterocycles. The van der Waals surface area contributed by atoms with Gasteiger partial charge in [-0.3, -0.25) is 19.4 Å². The van der Waals surface area contributed by atoms with Gasteiger partial charge in [0.1, 0.15) is 5.82 Å². The zero-order valence-electron chi connectivity index (χ0n) is 21.9. The molecule has 0 aromatic carbocycles. The number of hydrogen-bond acceptors (Lipinski definition) is 8. The Morgan fingerprint density at radius 1 is 1.16 bits per heavy atom. The first-order valence-corrected chi connectivity index (χ1v) is 13.1. The van der Waals surface area contributed by atoms with Crippen molar-refractivity contribution >= 4 is 46.1 Å². The van der Waals surface area contributed by atoms with E-state index in [1.165, 1.54) is 32.8 Å². The summed E-state index contributed by atoms with van der Waals surface area (Å²) in [4.78, 5) is 45.9. The second-order valence-electron chi connectivity index (χ2n) is 10.0. The van der Waals surface area contributed by atoms with E-state index in [1.54, 1.807) is 30.6 Å². The van der Waals surface area contributed by atoms with Crippen molar-refractivity contribution in [3.63, 3.8) is 0 Å². The molecule has 4 rings (SSSR count). The van der Waals surface area contributed by atoms with Gasteiger partial charge in [-0.15, -0.1) is 11.3 Å². The summed E-state index contributed by atoms with van der Waals surface area (Å²) in [6.07, 6.45) is 4.70. The minimum Gasteiger partial charge on any atom is -0.376 e. The van der Waals surface area contributed by atoms with Gasteiger partial charge >= 0.3 is 0 Å². The summed E-state index contributed by atoms with van der Waals surface area (Å²) >= 11 is 7.52. The number of nitrogens with one attached hydrogen (secondary N) is 1. The molecule has 0 aliphatic carbocycles. The van der Waals surface area contributed by atoms with E-state index in [1.807, 2.05) is 51.9 Å². The standard InChI is InChI=1S/C27H29ClN6O3S/c1-27(2,3)26(37)34-24(30-14-18-8-9-23(28)38-18)12-20(31-34)19-11-25(36)33(15-21(19)32(4)5)16-22(35)17-7-6-10-29-13-17/h6-13,15,30H,14,16H2,1-5H3. The third kappa shape index (κ3) is 6.03. The minimum atomic E-state index is -0.688. The number of Topliss-reactive ketones (excluding diaryl/α,β-unsaturated/α-hetero) is 1. The molecule has 0 saturated carbocycles. The zero-order valence-corrected chi connectivity index (χ0v) is 23.4. The first-order chi connectivity index (χ1) is 17.9. The normalized spacial score (nSPS) is 11.4. The van der Waals surface area contributed by atoms with Crippen LogP contribution in [0.2, 0.25) is 4.34 Å². The van der Waals surface area contributed by atoms with E-state index >= 15 is 0 Å². The van der Waals surface area contributed by atoms with E-state index < -0.39 is 5.41 Å². The molecular weight excluding hydrogens is 524 g/mol. The van der Waals surface area contributed by atoms with Crippen LogP contribution < -0.4 is 15.8 Å². The Labute approximate surface area is 229 Å². The minimum absolute atomic E-state index is 0.126. The second-order valence-corrected chi connectivity index (χ2v) is 11.8. The molecular formula is C27H29ClN6O3S. The Balaban J connectivity index is 1.73. The SMILES string of the molecule is CN(C)c1cn(CC(=O)c2cccnc2)c(=O)cc1-c1cc(NCc2ccc(Cl)s2)n(C(=O)C(C)(C)C)n1. The maximum Gasteiger partial charge on any atom is 0.254 e. The highest BCUT2D eigenvalue weighted by atomic mass is 35.5. The molecule has 0 amide bonds. The Morgan fingerprint density at radius 2 is 1.92 bits per heavy atom. The van der Waals surface area contributed by atoms with E-state index in [0.717, 1.165) is 4.88 Å². The molecule has 38 heavy (non-hydrogen) atoms. The zero-order chi connectivity index (χ0) is 27.6. The number of rotatable bonds is 8. The van der Waals surface area contributed by atoms with Crippen LogP contribution in [0.5, 0.6) is 0 Å². The maximum absolute atomic E-state index is 13.3. The Kier molecular flexibility index (Phi) is 7.84. The second kappa shape index (κ2) is 10.9. The molecule has 4 heterocycles. The van der Waals surface area contributed by atoms with Gasteiger partial charge in [0.25, 0.3) is 11.5 Å². The van der Waals surface area contributed by atoms with Gasteiger partial charge in [0.05, 0.1) is 28.8 Å². The lowest BCUT2D eigenvalue weighted by Crippen LogP contribution is -2.29. The number of thiophene rings is 1. The van der Waals surface area contributed by atoms with Crippen molar-refractivity contribution in [2.75, 3.05) is 24.3 Å². The average Bonchev–Trinajstić information content (AvgIpc) is 3.48. The van der Waals surface area contributed by atoms with Gasteiger partial charge in [0, 0.05) is 66.2 Å². The predicted octanol–water partition coefficient (Wildman–Crippen LogP) is 5.07. The van der Waals surface area contributed by atoms with Gasteiger partial charge in [-0.05, 0) is 24.3 Å². The van der Waals surface area contributed by atoms with Crippen LogP contribution >= 0.6 is 22.9 Å². The van der Waals surface area contributed by atoms with Crippen molar-refractivity contribution in [2.45, 2.75) is 33.9 Å². The molecule has 0 fully saturated rings. The number of ketones is 1. The Morgan fingerprint density at radius 3 is 2.53 bits per heavy atom. The van der Waals surface area contributed by atoms with Crippen LogP contribution in [0.25, 0.3) is 11.3 Å². The molecule has 0 aliphatic rings. The van der Waals surface area contributed by atoms with Gasteiger partial charge in [0.15, 0.2) is 5.78 Å². The van der Waals surface area contributed by atoms with E-state index in [-0.39, 0.29) is 23.8 Å². The first kappa shape index (κ1) is 27.3. The summed E-state index contributed by atoms with van der Waals surface area (Å²) in [5.74, 6) is 0.0836. The smallest absolute Gasteiger partial charge is 0.254 e. The van der Waals surface area contributed by atoms with Crippen LogP contribution in [0.15, 0.2) is 59.8 Å². The molecule has 0 bridgehead atoms. The van der Waals surface area contributed by atoms with Crippen molar-refractivity contribution in [3.05, 3.63) is 80.1 Å². The highest BCUT2D eigenvalue weighted by Crippen LogP contribution is 2.31. The third-order valence-corrected chi connectivity index (χ3v) is 7.01. The molecule has 9 nitrogen and oxygen atoms in total. The average molecular weight is 553 g/mol. The molecule has 0 unspecified atom stereocenters. The largest absolute Gasteiger partial charge is 0.376 e. The lowest BCUT2D eigenvalue weighted by Gasteiger charge is -2.19. The third-order valence-electron chi connectivity index (χ3n) is 5.78. The molecule has 198 valence electrons. The van der Waals surface area contributed by atoms with Crippen molar-refractivity contribution in [1.29, 1.82) is 0 Å². The lowest BCUT2D eigenvalue weighted by atomic mass is 9.96. The molecule has 0 radical (unpaired) electrons. The summed E-state index contributed by atoms with van der Waals surface area (Å²) in [5, 5.41) is 7.91. The van der Waals surface area contributed by atoms with Crippen LogP contribution in [0.3, 0.4) is 0 Å². The fraction of sp³-hybridized carbons (Fsp3) is 0.296. The van der Waals surface area contributed by atoms with Crippen molar-refractivity contribution < 1.29 is 9.59 Å². The molecule has 0 spiro atoms. The lowest BCUT2D eigenvalue weighted by molar-refractivity contribution is 0.0752. The molecule has 11 heteroatoms. The molecule has 4 aromatic heterocycles. The Bertz CT molecular complexity index is 1530. The van der Waals surface area contributed by atoms with Gasteiger partial charge in [-0.1, -0.05) is 32.4 Å². The van der Waals surface area contributed by atoms with Gasteiger partial charge < -0.3 is 14.8 Å². The highest BCUT2D eigenvalue weighted by molar-refractivity contribution is 7.16. The highest BCUT2D eigenvalue weighted by Gasteiger charge is 2.28. The Hall–Kier alpha value is -3.76. The monoisotopic (exact) mass is 552 g/mol. The number of hydrogen-bond donors (Lipinski definition) is 1. The molecule has 4 aromatic rings. The fourth-order valence-corrected chi connectivity index (χ4v) is 4.78. The molecule has 1 N–H and O–H groups in total. The number of anilines is 2. The topological polar surface area (TPSA) is 102 Å². The summed E-state index contributed by atoms with van der Waals surface area (Å²) in [6.45, 7) is 5.80. The molecule has 0 atom stereocenters. The van der Waals surface area contributed by atoms with Crippen LogP contribution in [-0.2, 0) is 13.1 Å². The number of carbonyl (C=O) groups is 2. The maximum atomic E-state index is 13.3. The van der Waals surface area contributed by atoms with Gasteiger partial charge in [0.2, 0.25) is 0 Å². The quantitative estimate of drug-likeness (QED) is 0.304. The van der Waals surface area contributed by atoms with E-state index in [0.29, 0.717) is 39.2 Å². The number of halogens is 1. The van der Waals surface area contributed by atoms with E-state index in [2.05, 4.69) is 15.4 Å².